The predicted molar refractivity (Wildman–Crippen MR) is 81.4 cm³/mol. The third kappa shape index (κ3) is 2.65. The highest BCUT2D eigenvalue weighted by molar-refractivity contribution is 6.89. The summed E-state index contributed by atoms with van der Waals surface area (Å²) in [6.07, 6.45) is 0. The lowest BCUT2D eigenvalue weighted by molar-refractivity contribution is 0.415. The Kier molecular flexibility index (Phi) is 3.57. The molecule has 2 aromatic rings. The smallest absolute Gasteiger partial charge is 0.119 e. The first kappa shape index (κ1) is 12.9. The van der Waals surface area contributed by atoms with Crippen LogP contribution in [0.1, 0.15) is 0 Å². The Morgan fingerprint density at radius 3 is 2.28 bits per heavy atom. The number of benzene rings is 2. The van der Waals surface area contributed by atoms with Crippen LogP contribution in [0.25, 0.3) is 11.1 Å². The SMILES string of the molecule is COc1cccc(-c2ccccc2[Si](C)(C)C)c1. The topological polar surface area (TPSA) is 9.23 Å². The molecule has 0 amide bonds. The molecule has 0 spiro atoms. The van der Waals surface area contributed by atoms with E-state index < -0.39 is 8.07 Å². The fourth-order valence-corrected chi connectivity index (χ4v) is 3.81. The van der Waals surface area contributed by atoms with Crippen LogP contribution in [0.15, 0.2) is 48.5 Å². The summed E-state index contributed by atoms with van der Waals surface area (Å²) in [5, 5.41) is 1.50. The second-order valence-electron chi connectivity index (χ2n) is 5.53. The predicted octanol–water partition coefficient (Wildman–Crippen LogP) is 3.91. The largest absolute Gasteiger partial charge is 0.497 e. The van der Waals surface area contributed by atoms with E-state index in [9.17, 15) is 0 Å². The van der Waals surface area contributed by atoms with Crippen molar-refractivity contribution in [3.05, 3.63) is 48.5 Å². The minimum atomic E-state index is -1.33. The highest BCUT2D eigenvalue weighted by atomic mass is 28.3. The zero-order valence-corrected chi connectivity index (χ0v) is 12.5. The lowest BCUT2D eigenvalue weighted by Crippen LogP contribution is -2.38. The van der Waals surface area contributed by atoms with Crippen LogP contribution >= 0.6 is 0 Å². The van der Waals surface area contributed by atoms with Crippen LogP contribution in [0.3, 0.4) is 0 Å². The van der Waals surface area contributed by atoms with Gasteiger partial charge in [-0.25, -0.2) is 0 Å². The molecule has 18 heavy (non-hydrogen) atoms. The van der Waals surface area contributed by atoms with Crippen LogP contribution < -0.4 is 9.92 Å². The fraction of sp³-hybridized carbons (Fsp3) is 0.250. The van der Waals surface area contributed by atoms with Crippen molar-refractivity contribution in [3.63, 3.8) is 0 Å². The molecule has 0 saturated heterocycles. The third-order valence-electron chi connectivity index (χ3n) is 3.12. The molecule has 0 heterocycles. The van der Waals surface area contributed by atoms with Crippen molar-refractivity contribution in [2.24, 2.45) is 0 Å². The molecular weight excluding hydrogens is 236 g/mol. The molecule has 0 fully saturated rings. The standard InChI is InChI=1S/C16H20OSi/c1-17-14-9-7-8-13(12-14)15-10-5-6-11-16(15)18(2,3)4/h5-12H,1-4H3. The average molecular weight is 256 g/mol. The Morgan fingerprint density at radius 1 is 0.889 bits per heavy atom. The van der Waals surface area contributed by atoms with Gasteiger partial charge in [0.1, 0.15) is 5.75 Å². The maximum atomic E-state index is 5.31. The molecule has 0 bridgehead atoms. The van der Waals surface area contributed by atoms with Gasteiger partial charge in [-0.15, -0.1) is 0 Å². The number of hydrogen-bond acceptors (Lipinski definition) is 1. The van der Waals surface area contributed by atoms with E-state index in [1.165, 1.54) is 16.3 Å². The molecule has 2 aromatic carbocycles. The summed E-state index contributed by atoms with van der Waals surface area (Å²) in [5.74, 6) is 0.915. The van der Waals surface area contributed by atoms with Crippen LogP contribution in [0.2, 0.25) is 19.6 Å². The minimum absolute atomic E-state index is 0.915. The van der Waals surface area contributed by atoms with Gasteiger partial charge in [0.05, 0.1) is 15.2 Å². The molecule has 0 unspecified atom stereocenters. The van der Waals surface area contributed by atoms with E-state index in [-0.39, 0.29) is 0 Å². The van der Waals surface area contributed by atoms with Gasteiger partial charge in [0, 0.05) is 0 Å². The van der Waals surface area contributed by atoms with Crippen LogP contribution in [-0.4, -0.2) is 15.2 Å². The Hall–Kier alpha value is -1.54. The van der Waals surface area contributed by atoms with E-state index in [2.05, 4.69) is 62.1 Å². The van der Waals surface area contributed by atoms with Crippen molar-refractivity contribution in [2.45, 2.75) is 19.6 Å². The first-order chi connectivity index (χ1) is 8.52. The van der Waals surface area contributed by atoms with Gasteiger partial charge in [0.25, 0.3) is 0 Å². The van der Waals surface area contributed by atoms with Gasteiger partial charge in [-0.3, -0.25) is 0 Å². The molecule has 0 aliphatic heterocycles. The lowest BCUT2D eigenvalue weighted by atomic mass is 10.1. The molecule has 0 aromatic heterocycles. The molecule has 0 aliphatic carbocycles. The van der Waals surface area contributed by atoms with Crippen LogP contribution in [0.5, 0.6) is 5.75 Å². The first-order valence-corrected chi connectivity index (χ1v) is 9.76. The van der Waals surface area contributed by atoms with Gasteiger partial charge in [-0.1, -0.05) is 61.2 Å². The second kappa shape index (κ2) is 4.98. The van der Waals surface area contributed by atoms with Gasteiger partial charge >= 0.3 is 0 Å². The summed E-state index contributed by atoms with van der Waals surface area (Å²) >= 11 is 0. The lowest BCUT2D eigenvalue weighted by Gasteiger charge is -2.21. The minimum Gasteiger partial charge on any atom is -0.497 e. The molecule has 0 N–H and O–H groups in total. The van der Waals surface area contributed by atoms with E-state index in [1.807, 2.05) is 6.07 Å². The molecule has 2 rings (SSSR count). The molecule has 0 atom stereocenters. The van der Waals surface area contributed by atoms with E-state index >= 15 is 0 Å². The molecule has 2 heteroatoms. The van der Waals surface area contributed by atoms with Gasteiger partial charge in [-0.05, 0) is 23.3 Å². The molecule has 1 nitrogen and oxygen atoms in total. The molecule has 0 radical (unpaired) electrons. The number of hydrogen-bond donors (Lipinski definition) is 0. The summed E-state index contributed by atoms with van der Waals surface area (Å²) in [7, 11) is 0.383. The fourth-order valence-electron chi connectivity index (χ4n) is 2.18. The van der Waals surface area contributed by atoms with Crippen LogP contribution in [0.4, 0.5) is 0 Å². The van der Waals surface area contributed by atoms with E-state index in [0.29, 0.717) is 0 Å². The first-order valence-electron chi connectivity index (χ1n) is 6.26. The summed E-state index contributed by atoms with van der Waals surface area (Å²) < 4.78 is 5.31. The summed E-state index contributed by atoms with van der Waals surface area (Å²) in [4.78, 5) is 0. The third-order valence-corrected chi connectivity index (χ3v) is 5.17. The number of methoxy groups -OCH3 is 1. The molecule has 0 aliphatic rings. The zero-order chi connectivity index (χ0) is 13.2. The quantitative estimate of drug-likeness (QED) is 0.757. The van der Waals surface area contributed by atoms with Crippen LogP contribution in [-0.2, 0) is 0 Å². The highest BCUT2D eigenvalue weighted by Gasteiger charge is 2.20. The normalized spacial score (nSPS) is 11.3. The van der Waals surface area contributed by atoms with Gasteiger partial charge in [0.2, 0.25) is 0 Å². The maximum absolute atomic E-state index is 5.31. The molecule has 0 saturated carbocycles. The van der Waals surface area contributed by atoms with Crippen molar-refractivity contribution in [1.82, 2.24) is 0 Å². The van der Waals surface area contributed by atoms with Crippen molar-refractivity contribution < 1.29 is 4.74 Å². The van der Waals surface area contributed by atoms with Gasteiger partial charge in [0.15, 0.2) is 0 Å². The Labute approximate surface area is 110 Å². The Morgan fingerprint density at radius 2 is 1.61 bits per heavy atom. The zero-order valence-electron chi connectivity index (χ0n) is 11.5. The Bertz CT molecular complexity index is 541. The highest BCUT2D eigenvalue weighted by Crippen LogP contribution is 2.24. The monoisotopic (exact) mass is 256 g/mol. The van der Waals surface area contributed by atoms with Crippen molar-refractivity contribution in [3.8, 4) is 16.9 Å². The van der Waals surface area contributed by atoms with E-state index in [4.69, 9.17) is 4.74 Å². The van der Waals surface area contributed by atoms with Crippen molar-refractivity contribution >= 4 is 13.3 Å². The molecule has 94 valence electrons. The Balaban J connectivity index is 2.57. The number of ether oxygens (including phenoxy) is 1. The molecular formula is C16H20OSi. The van der Waals surface area contributed by atoms with Gasteiger partial charge in [-0.2, -0.15) is 0 Å². The second-order valence-corrected chi connectivity index (χ2v) is 10.6. The van der Waals surface area contributed by atoms with Crippen molar-refractivity contribution in [2.75, 3.05) is 7.11 Å². The summed E-state index contributed by atoms with van der Waals surface area (Å²) in [6.45, 7) is 7.14. The van der Waals surface area contributed by atoms with Gasteiger partial charge < -0.3 is 4.74 Å². The van der Waals surface area contributed by atoms with E-state index in [1.54, 1.807) is 7.11 Å². The summed E-state index contributed by atoms with van der Waals surface area (Å²) in [5.41, 5.74) is 2.59. The average Bonchev–Trinajstić information content (AvgIpc) is 2.38. The van der Waals surface area contributed by atoms with E-state index in [0.717, 1.165) is 5.75 Å². The van der Waals surface area contributed by atoms with Crippen molar-refractivity contribution in [1.29, 1.82) is 0 Å². The number of rotatable bonds is 3. The van der Waals surface area contributed by atoms with Crippen LogP contribution in [0, 0.1) is 0 Å². The summed E-state index contributed by atoms with van der Waals surface area (Å²) in [6, 6.07) is 17.0. The maximum Gasteiger partial charge on any atom is 0.119 e.